The van der Waals surface area contributed by atoms with E-state index in [0.717, 1.165) is 109 Å². The SMILES string of the molecule is CC1C2CC(O)C3=CC(=O)CCC3C2(C)CCC12OCCO2.CC1C2CC=C3C=C(O[Si](C)(C)C)CCC3C2(C)CCC12OCCO2.CC1C2CCC3=CC(=O)CCC3C2(C)CCC12OCCO2.C[Si](C)(C)I.O=S(=O)([O-])O.[K+]. The van der Waals surface area contributed by atoms with Crippen molar-refractivity contribution < 1.29 is 116 Å². The molecule has 3 aliphatic heterocycles. The van der Waals surface area contributed by atoms with Gasteiger partial charge in [0.15, 0.2) is 28.9 Å². The fourth-order valence-electron chi connectivity index (χ4n) is 17.5. The van der Waals surface area contributed by atoms with Gasteiger partial charge in [0, 0.05) is 56.3 Å². The van der Waals surface area contributed by atoms with E-state index in [1.54, 1.807) is 6.08 Å². The second-order valence-corrected chi connectivity index (χ2v) is 47.0. The minimum Gasteiger partial charge on any atom is -0.726 e. The van der Waals surface area contributed by atoms with Gasteiger partial charge in [0.25, 0.3) is 0 Å². The Morgan fingerprint density at radius 3 is 1.49 bits per heavy atom. The summed E-state index contributed by atoms with van der Waals surface area (Å²) in [6.07, 6.45) is 24.3. The Labute approximate surface area is 531 Å². The molecule has 8 fully saturated rings. The predicted molar refractivity (Wildman–Crippen MR) is 313 cm³/mol. The first-order chi connectivity index (χ1) is 36.2. The molecule has 3 saturated heterocycles. The molecule has 5 saturated carbocycles. The number of hydrogen-bond acceptors (Lipinski definition) is 13. The van der Waals surface area contributed by atoms with Crippen LogP contribution >= 0.6 is 21.8 Å². The molecule has 0 aromatic heterocycles. The van der Waals surface area contributed by atoms with Crippen LogP contribution in [0.1, 0.15) is 144 Å². The number of fused-ring (bicyclic) bond motifs is 9. The van der Waals surface area contributed by atoms with Gasteiger partial charge in [-0.25, -0.2) is 8.42 Å². The van der Waals surface area contributed by atoms with E-state index >= 15 is 0 Å². The molecule has 0 radical (unpaired) electrons. The smallest absolute Gasteiger partial charge is 0.726 e. The van der Waals surface area contributed by atoms with Crippen LogP contribution in [0.2, 0.25) is 39.3 Å². The average molecular weight is 1300 g/mol. The summed E-state index contributed by atoms with van der Waals surface area (Å²) in [6, 6.07) is 0. The zero-order chi connectivity index (χ0) is 57.1. The van der Waals surface area contributed by atoms with E-state index in [4.69, 9.17) is 50.4 Å². The molecule has 0 bridgehead atoms. The van der Waals surface area contributed by atoms with Crippen molar-refractivity contribution in [1.29, 1.82) is 0 Å². The van der Waals surface area contributed by atoms with Crippen molar-refractivity contribution in [3.05, 3.63) is 46.8 Å². The molecule has 19 heteroatoms. The van der Waals surface area contributed by atoms with E-state index in [2.05, 4.69) is 115 Å². The maximum Gasteiger partial charge on any atom is 1.00 e. The second kappa shape index (κ2) is 25.7. The first-order valence-electron chi connectivity index (χ1n) is 29.7. The number of ketones is 2. The van der Waals surface area contributed by atoms with E-state index in [0.29, 0.717) is 83.6 Å². The number of aliphatic hydroxyl groups excluding tert-OH is 1. The third-order valence-electron chi connectivity index (χ3n) is 21.1. The zero-order valence-electron chi connectivity index (χ0n) is 50.2. The average Bonchev–Trinajstić information content (AvgIpc) is 4.35. The van der Waals surface area contributed by atoms with Gasteiger partial charge in [0.1, 0.15) is 5.57 Å². The minimum atomic E-state index is -4.92. The van der Waals surface area contributed by atoms with E-state index in [1.165, 1.54) is 36.2 Å². The molecule has 3 spiro atoms. The van der Waals surface area contributed by atoms with Gasteiger partial charge in [-0.1, -0.05) is 72.8 Å². The van der Waals surface area contributed by atoms with Gasteiger partial charge >= 0.3 is 51.4 Å². The van der Waals surface area contributed by atoms with Crippen molar-refractivity contribution in [2.45, 2.75) is 207 Å². The first-order valence-corrected chi connectivity index (χ1v) is 41.1. The summed E-state index contributed by atoms with van der Waals surface area (Å²) >= 11 is 2.52. The minimum absolute atomic E-state index is 0. The summed E-state index contributed by atoms with van der Waals surface area (Å²) < 4.78 is 75.5. The molecular formula is C60H96IKO14SSi2. The standard InChI is InChI=1S/C21H34O3Si.C18H26O4.C18H26O3.C3H9ISi.K.H2O4S/c1-15-18-8-6-16-14-17(24-25(3,4)5)7-9-19(16)20(18,2)10-11-21(15)22-12-13-23-21;1-11-15-10-16(20)13-9-12(19)3-4-14(13)17(15,2)5-6-18(11)21-7-8-22-18;1-12-15-5-3-13-11-14(19)4-6-16(13)17(15,2)7-8-18(12)20-9-10-21-18;1-5(2,3)4;;1-5(2,3)4/h6,14-15,18-19H,7-13H2,1-5H3;9,11,14-16,20H,3-8,10H2,1-2H3;11-12,15-16H,3-10H2,1-2H3;1-3H3;;(H2,1,2,3,4)/q;;;;+1;/p-1. The van der Waals surface area contributed by atoms with Crippen molar-refractivity contribution in [2.75, 3.05) is 39.6 Å². The van der Waals surface area contributed by atoms with Crippen molar-refractivity contribution in [3.8, 4) is 0 Å². The van der Waals surface area contributed by atoms with Crippen molar-refractivity contribution in [2.24, 2.45) is 69.5 Å². The normalized spacial score (nSPS) is 39.3. The summed E-state index contributed by atoms with van der Waals surface area (Å²) in [5.41, 5.74) is 4.15. The largest absolute Gasteiger partial charge is 1.00 e. The number of aliphatic hydroxyl groups is 1. The van der Waals surface area contributed by atoms with Crippen LogP contribution in [0.25, 0.3) is 0 Å². The maximum absolute atomic E-state index is 11.8. The number of hydrogen-bond donors (Lipinski definition) is 2. The van der Waals surface area contributed by atoms with Gasteiger partial charge in [-0.05, 0) is 165 Å². The molecule has 79 heavy (non-hydrogen) atoms. The van der Waals surface area contributed by atoms with E-state index in [-0.39, 0.29) is 80.1 Å². The quantitative estimate of drug-likeness (QED) is 0.0872. The predicted octanol–water partition coefficient (Wildman–Crippen LogP) is 9.46. The van der Waals surface area contributed by atoms with Gasteiger partial charge in [-0.2, -0.15) is 0 Å². The van der Waals surface area contributed by atoms with Gasteiger partial charge in [-0.15, -0.1) is 21.8 Å². The summed E-state index contributed by atoms with van der Waals surface area (Å²) in [5.74, 6) is 5.20. The van der Waals surface area contributed by atoms with Crippen LogP contribution in [0.15, 0.2) is 46.8 Å². The maximum atomic E-state index is 11.8. The fraction of sp³-hybridized carbons (Fsp3) is 0.833. The summed E-state index contributed by atoms with van der Waals surface area (Å²) in [7, 11) is -6.43. The van der Waals surface area contributed by atoms with Gasteiger partial charge in [0.2, 0.25) is 18.7 Å². The first kappa shape index (κ1) is 67.0. The van der Waals surface area contributed by atoms with E-state index < -0.39 is 36.2 Å². The van der Waals surface area contributed by atoms with Crippen LogP contribution < -0.4 is 51.4 Å². The molecule has 13 atom stereocenters. The Balaban J connectivity index is 0.000000157. The van der Waals surface area contributed by atoms with Crippen molar-refractivity contribution in [3.63, 3.8) is 0 Å². The molecule has 12 aliphatic rings. The molecule has 0 aromatic carbocycles. The number of halogens is 1. The zero-order valence-corrected chi connectivity index (χ0v) is 58.3. The van der Waals surface area contributed by atoms with Crippen LogP contribution in [-0.2, 0) is 52.8 Å². The number of rotatable bonds is 2. The summed E-state index contributed by atoms with van der Waals surface area (Å²) in [6.45, 7) is 32.4. The molecule has 2 N–H and O–H groups in total. The molecule has 0 aromatic rings. The molecule has 13 unspecified atom stereocenters. The molecular weight excluding hydrogens is 1200 g/mol. The van der Waals surface area contributed by atoms with Crippen LogP contribution in [0.4, 0.5) is 0 Å². The Kier molecular flexibility index (Phi) is 21.8. The van der Waals surface area contributed by atoms with Crippen molar-refractivity contribution >= 4 is 57.7 Å². The van der Waals surface area contributed by atoms with Crippen LogP contribution in [0.3, 0.4) is 0 Å². The van der Waals surface area contributed by atoms with Gasteiger partial charge in [-0.3, -0.25) is 14.1 Å². The summed E-state index contributed by atoms with van der Waals surface area (Å²) in [5, 5.41) is 10.6. The van der Waals surface area contributed by atoms with Crippen LogP contribution in [-0.4, -0.2) is 111 Å². The Morgan fingerprint density at radius 1 is 0.608 bits per heavy atom. The number of allylic oxidation sites excluding steroid dienone is 7. The van der Waals surface area contributed by atoms with Crippen molar-refractivity contribution in [1.82, 2.24) is 0 Å². The molecule has 442 valence electrons. The number of carbonyl (C=O) groups excluding carboxylic acids is 2. The van der Waals surface area contributed by atoms with Crippen LogP contribution in [0, 0.1) is 69.5 Å². The third kappa shape index (κ3) is 14.7. The van der Waals surface area contributed by atoms with Gasteiger partial charge in [0.05, 0.1) is 51.5 Å². The Hall–Kier alpha value is 0.490. The molecule has 0 amide bonds. The topological polar surface area (TPSA) is 196 Å². The molecule has 3 heterocycles. The van der Waals surface area contributed by atoms with Crippen LogP contribution in [0.5, 0.6) is 0 Å². The molecule has 9 aliphatic carbocycles. The second-order valence-electron chi connectivity index (χ2n) is 27.8. The van der Waals surface area contributed by atoms with Gasteiger partial charge < -0.3 is 42.5 Å². The van der Waals surface area contributed by atoms with E-state index in [1.807, 2.05) is 6.08 Å². The fourth-order valence-corrected chi connectivity index (χ4v) is 18.5. The van der Waals surface area contributed by atoms with E-state index in [9.17, 15) is 14.7 Å². The molecule has 14 nitrogen and oxygen atoms in total. The Morgan fingerprint density at radius 2 is 1.01 bits per heavy atom. The number of ether oxygens (including phenoxy) is 6. The third-order valence-corrected chi connectivity index (χ3v) is 22.0. The Bertz CT molecular complexity index is 2420. The molecule has 12 rings (SSSR count). The monoisotopic (exact) mass is 1290 g/mol. The number of carbonyl (C=O) groups is 2. The summed E-state index contributed by atoms with van der Waals surface area (Å²) in [4.78, 5) is 23.5.